The predicted octanol–water partition coefficient (Wildman–Crippen LogP) is 7.49. The Morgan fingerprint density at radius 2 is 1.33 bits per heavy atom. The Hall–Kier alpha value is -4.27. The second-order valence-corrected chi connectivity index (χ2v) is 12.9. The van der Waals surface area contributed by atoms with Crippen LogP contribution in [0, 0.1) is 17.5 Å². The minimum Gasteiger partial charge on any atom is -0.340 e. The van der Waals surface area contributed by atoms with Crippen LogP contribution in [0.15, 0.2) is 101 Å². The molecule has 1 unspecified atom stereocenters. The molecule has 0 aromatic heterocycles. The third kappa shape index (κ3) is 6.58. The summed E-state index contributed by atoms with van der Waals surface area (Å²) in [6.07, 6.45) is 3.81. The average Bonchev–Trinajstić information content (AvgIpc) is 3.28. The highest BCUT2D eigenvalue weighted by atomic mass is 32.2. The molecule has 0 radical (unpaired) electrons. The third-order valence-corrected chi connectivity index (χ3v) is 9.64. The highest BCUT2D eigenvalue weighted by Crippen LogP contribution is 2.44. The summed E-state index contributed by atoms with van der Waals surface area (Å²) in [6, 6.07) is 24.7. The van der Waals surface area contributed by atoms with Crippen molar-refractivity contribution in [3.05, 3.63) is 142 Å². The molecule has 0 N–H and O–H groups in total. The molecule has 8 heteroatoms. The van der Waals surface area contributed by atoms with Gasteiger partial charge in [0.05, 0.1) is 12.5 Å². The van der Waals surface area contributed by atoms with E-state index in [1.165, 1.54) is 36.4 Å². The van der Waals surface area contributed by atoms with Crippen LogP contribution in [-0.2, 0) is 15.6 Å². The van der Waals surface area contributed by atoms with E-state index in [0.29, 0.717) is 26.2 Å². The molecule has 230 valence electrons. The molecule has 4 aromatic carbocycles. The van der Waals surface area contributed by atoms with Crippen molar-refractivity contribution in [3.8, 4) is 0 Å². The van der Waals surface area contributed by atoms with E-state index in [1.54, 1.807) is 36.6 Å². The fraction of sp³-hybridized carbons (Fsp3) is 0.216. The minimum absolute atomic E-state index is 0.0321. The molecule has 0 saturated carbocycles. The van der Waals surface area contributed by atoms with E-state index in [0.717, 1.165) is 49.4 Å². The molecule has 4 nitrogen and oxygen atoms in total. The lowest BCUT2D eigenvalue weighted by molar-refractivity contribution is -0.132. The molecule has 45 heavy (non-hydrogen) atoms. The Morgan fingerprint density at radius 3 is 1.89 bits per heavy atom. The van der Waals surface area contributed by atoms with Crippen LogP contribution in [0.3, 0.4) is 0 Å². The number of hydrogen-bond donors (Lipinski definition) is 0. The van der Waals surface area contributed by atoms with Gasteiger partial charge in [0, 0.05) is 48.1 Å². The lowest BCUT2D eigenvalue weighted by Gasteiger charge is -2.40. The van der Waals surface area contributed by atoms with Crippen LogP contribution in [0.5, 0.6) is 0 Å². The predicted molar refractivity (Wildman–Crippen MR) is 173 cm³/mol. The smallest absolute Gasteiger partial charge is 0.227 e. The molecule has 1 aliphatic heterocycles. The van der Waals surface area contributed by atoms with Gasteiger partial charge in [0.25, 0.3) is 0 Å². The summed E-state index contributed by atoms with van der Waals surface area (Å²) in [5.41, 5.74) is 6.99. The number of piperazine rings is 1. The van der Waals surface area contributed by atoms with Gasteiger partial charge in [-0.2, -0.15) is 0 Å². The molecule has 4 aromatic rings. The highest BCUT2D eigenvalue weighted by Gasteiger charge is 2.31. The number of fused-ring (bicyclic) bond motifs is 1. The summed E-state index contributed by atoms with van der Waals surface area (Å²) >= 11 is 0. The molecule has 1 saturated heterocycles. The minimum atomic E-state index is -1.07. The Bertz CT molecular complexity index is 1760. The van der Waals surface area contributed by atoms with Crippen LogP contribution in [0.1, 0.15) is 47.2 Å². The second kappa shape index (κ2) is 13.0. The Balaban J connectivity index is 1.21. The Labute approximate surface area is 264 Å². The van der Waals surface area contributed by atoms with E-state index in [-0.39, 0.29) is 35.8 Å². The lowest BCUT2D eigenvalue weighted by Crippen LogP contribution is -2.49. The molecular weight excluding hydrogens is 593 g/mol. The van der Waals surface area contributed by atoms with Crippen LogP contribution >= 0.6 is 0 Å². The zero-order valence-corrected chi connectivity index (χ0v) is 25.9. The number of rotatable bonds is 7. The standard InChI is InChI=1S/C37H33F3N2O2S/c1-24-33(21-25-3-14-31(15-4-25)45(2)44)32-16-13-30(40)22-35(32)34(24)23-36(43)41-17-19-42(20-18-41)37(26-5-9-28(38)10-6-26)27-7-11-29(39)12-8-27/h3-16,21-22,37H,17-20,23H2,1-2H3/b33-21-. The van der Waals surface area contributed by atoms with Crippen LogP contribution < -0.4 is 0 Å². The maximum absolute atomic E-state index is 14.5. The molecule has 6 rings (SSSR count). The first-order chi connectivity index (χ1) is 21.7. The quantitative estimate of drug-likeness (QED) is 0.214. The van der Waals surface area contributed by atoms with E-state index < -0.39 is 10.8 Å². The molecule has 0 bridgehead atoms. The van der Waals surface area contributed by atoms with Crippen molar-refractivity contribution < 1.29 is 22.2 Å². The van der Waals surface area contributed by atoms with Crippen molar-refractivity contribution in [1.29, 1.82) is 0 Å². The molecule has 1 atom stereocenters. The number of carbonyl (C=O) groups excluding carboxylic acids is 1. The van der Waals surface area contributed by atoms with E-state index in [9.17, 15) is 22.2 Å². The van der Waals surface area contributed by atoms with Gasteiger partial charge in [-0.15, -0.1) is 0 Å². The van der Waals surface area contributed by atoms with Crippen molar-refractivity contribution in [3.63, 3.8) is 0 Å². The summed E-state index contributed by atoms with van der Waals surface area (Å²) in [5, 5.41) is 0. The summed E-state index contributed by atoms with van der Waals surface area (Å²) in [6.45, 7) is 4.12. The van der Waals surface area contributed by atoms with Crippen molar-refractivity contribution in [2.75, 3.05) is 32.4 Å². The lowest BCUT2D eigenvalue weighted by atomic mass is 9.96. The van der Waals surface area contributed by atoms with Gasteiger partial charge in [-0.1, -0.05) is 42.5 Å². The summed E-state index contributed by atoms with van der Waals surface area (Å²) in [4.78, 5) is 18.5. The van der Waals surface area contributed by atoms with Crippen molar-refractivity contribution in [1.82, 2.24) is 9.80 Å². The molecular formula is C37H33F3N2O2S. The van der Waals surface area contributed by atoms with E-state index >= 15 is 0 Å². The summed E-state index contributed by atoms with van der Waals surface area (Å²) in [7, 11) is -1.07. The largest absolute Gasteiger partial charge is 0.340 e. The number of halogens is 3. The molecule has 2 aliphatic rings. The fourth-order valence-electron chi connectivity index (χ4n) is 6.30. The molecule has 1 fully saturated rings. The zero-order chi connectivity index (χ0) is 31.7. The average molecular weight is 627 g/mol. The topological polar surface area (TPSA) is 40.6 Å². The van der Waals surface area contributed by atoms with Crippen LogP contribution in [0.25, 0.3) is 17.2 Å². The molecule has 0 spiro atoms. The molecule has 1 aliphatic carbocycles. The maximum atomic E-state index is 14.5. The monoisotopic (exact) mass is 626 g/mol. The Kier molecular flexibility index (Phi) is 8.88. The van der Waals surface area contributed by atoms with E-state index in [2.05, 4.69) is 4.90 Å². The van der Waals surface area contributed by atoms with Gasteiger partial charge < -0.3 is 4.90 Å². The number of nitrogens with zero attached hydrogens (tertiary/aromatic N) is 2. The van der Waals surface area contributed by atoms with Gasteiger partial charge in [-0.05, 0) is 106 Å². The maximum Gasteiger partial charge on any atom is 0.227 e. The van der Waals surface area contributed by atoms with Crippen LogP contribution in [-0.4, -0.2) is 52.4 Å². The van der Waals surface area contributed by atoms with Gasteiger partial charge in [0.15, 0.2) is 0 Å². The molecule has 1 amide bonds. The summed E-state index contributed by atoms with van der Waals surface area (Å²) < 4.78 is 53.7. The highest BCUT2D eigenvalue weighted by molar-refractivity contribution is 7.84. The molecule has 1 heterocycles. The first-order valence-electron chi connectivity index (χ1n) is 14.9. The van der Waals surface area contributed by atoms with Gasteiger partial charge in [0.2, 0.25) is 5.91 Å². The summed E-state index contributed by atoms with van der Waals surface area (Å²) in [5.74, 6) is -1.04. The second-order valence-electron chi connectivity index (χ2n) is 11.5. The van der Waals surface area contributed by atoms with Gasteiger partial charge in [0.1, 0.15) is 17.5 Å². The number of hydrogen-bond acceptors (Lipinski definition) is 3. The number of benzene rings is 4. The first kappa shape index (κ1) is 30.7. The zero-order valence-electron chi connectivity index (χ0n) is 25.1. The van der Waals surface area contributed by atoms with Crippen LogP contribution in [0.2, 0.25) is 0 Å². The fourth-order valence-corrected chi connectivity index (χ4v) is 6.82. The van der Waals surface area contributed by atoms with Crippen molar-refractivity contribution in [2.45, 2.75) is 24.3 Å². The SMILES string of the molecule is CC1=C(CC(=O)N2CCN(C(c3ccc(F)cc3)c3ccc(F)cc3)CC2)c2cc(F)ccc2/C1=C\c1ccc(S(C)=O)cc1. The number of carbonyl (C=O) groups is 1. The first-order valence-corrected chi connectivity index (χ1v) is 16.4. The number of amides is 1. The number of allylic oxidation sites excluding steroid dienone is 2. The van der Waals surface area contributed by atoms with Gasteiger partial charge in [-0.25, -0.2) is 13.2 Å². The van der Waals surface area contributed by atoms with Crippen molar-refractivity contribution in [2.24, 2.45) is 0 Å². The van der Waals surface area contributed by atoms with Gasteiger partial charge in [-0.3, -0.25) is 13.9 Å². The van der Waals surface area contributed by atoms with E-state index in [4.69, 9.17) is 0 Å². The van der Waals surface area contributed by atoms with Crippen molar-refractivity contribution >= 4 is 33.9 Å². The van der Waals surface area contributed by atoms with Crippen LogP contribution in [0.4, 0.5) is 13.2 Å². The Morgan fingerprint density at radius 1 is 0.778 bits per heavy atom. The third-order valence-electron chi connectivity index (χ3n) is 8.71. The van der Waals surface area contributed by atoms with E-state index in [1.807, 2.05) is 42.2 Å². The normalized spacial score (nSPS) is 16.8. The van der Waals surface area contributed by atoms with Gasteiger partial charge >= 0.3 is 0 Å².